The third-order valence-corrected chi connectivity index (χ3v) is 1.99. The summed E-state index contributed by atoms with van der Waals surface area (Å²) in [5.74, 6) is 0. The van der Waals surface area contributed by atoms with Crippen LogP contribution in [0, 0.1) is 6.08 Å². The Hall–Kier alpha value is -0.780. The lowest BCUT2D eigenvalue weighted by Crippen LogP contribution is -1.75. The molecule has 0 unspecified atom stereocenters. The molecule has 1 aliphatic rings. The van der Waals surface area contributed by atoms with Crippen molar-refractivity contribution in [2.24, 2.45) is 0 Å². The van der Waals surface area contributed by atoms with Crippen molar-refractivity contribution in [2.75, 3.05) is 0 Å². The molecule has 1 radical (unpaired) electrons. The average Bonchev–Trinajstić information content (AvgIpc) is 2.05. The monoisotopic (exact) mass is 161 g/mol. The molecule has 1 rings (SSSR count). The van der Waals surface area contributed by atoms with Crippen molar-refractivity contribution in [1.29, 1.82) is 0 Å². The van der Waals surface area contributed by atoms with Gasteiger partial charge < -0.3 is 0 Å². The third-order valence-electron chi connectivity index (χ3n) is 1.99. The molecule has 0 saturated heterocycles. The van der Waals surface area contributed by atoms with Gasteiger partial charge in [-0.2, -0.15) is 0 Å². The summed E-state index contributed by atoms with van der Waals surface area (Å²) < 4.78 is 0. The Morgan fingerprint density at radius 3 is 2.75 bits per heavy atom. The molecule has 0 aromatic heterocycles. The second-order valence-corrected chi connectivity index (χ2v) is 3.12. The molecule has 12 heavy (non-hydrogen) atoms. The van der Waals surface area contributed by atoms with E-state index in [1.54, 1.807) is 0 Å². The second kappa shape index (κ2) is 6.90. The van der Waals surface area contributed by atoms with E-state index in [0.717, 1.165) is 6.42 Å². The number of hydrogen-bond donors (Lipinski definition) is 0. The highest BCUT2D eigenvalue weighted by atomic mass is 13.9. The first-order valence-electron chi connectivity index (χ1n) is 4.88. The highest BCUT2D eigenvalue weighted by Crippen LogP contribution is 2.05. The summed E-state index contributed by atoms with van der Waals surface area (Å²) in [6, 6.07) is 0. The summed E-state index contributed by atoms with van der Waals surface area (Å²) in [4.78, 5) is 0. The highest BCUT2D eigenvalue weighted by Gasteiger charge is 1.85. The van der Waals surface area contributed by atoms with Gasteiger partial charge in [-0.25, -0.2) is 0 Å². The fourth-order valence-corrected chi connectivity index (χ4v) is 1.27. The first-order chi connectivity index (χ1) is 6.00. The van der Waals surface area contributed by atoms with Crippen molar-refractivity contribution in [2.45, 2.75) is 38.5 Å². The van der Waals surface area contributed by atoms with Crippen LogP contribution in [0.3, 0.4) is 0 Å². The molecule has 1 aliphatic carbocycles. The Balaban J connectivity index is 2.31. The Morgan fingerprint density at radius 1 is 0.833 bits per heavy atom. The molecule has 0 amide bonds. The van der Waals surface area contributed by atoms with Gasteiger partial charge in [-0.3, -0.25) is 0 Å². The standard InChI is InChI=1S/C12H17/c1-2-4-6-8-10-12-11-9-7-5-3-1/h1-2,5,7,11H,3-4,6,8,10,12H2/b2-1-,7-5+,11-9?. The van der Waals surface area contributed by atoms with Crippen molar-refractivity contribution in [3.05, 3.63) is 36.5 Å². The van der Waals surface area contributed by atoms with Crippen LogP contribution in [0.5, 0.6) is 0 Å². The first-order valence-corrected chi connectivity index (χ1v) is 4.88. The molecular formula is C12H17. The van der Waals surface area contributed by atoms with Crippen LogP contribution in [-0.2, 0) is 0 Å². The topological polar surface area (TPSA) is 0 Å². The largest absolute Gasteiger partial charge is 0.0882 e. The van der Waals surface area contributed by atoms with Crippen LogP contribution in [0.25, 0.3) is 0 Å². The van der Waals surface area contributed by atoms with Gasteiger partial charge in [0.15, 0.2) is 0 Å². The van der Waals surface area contributed by atoms with Gasteiger partial charge in [0.05, 0.1) is 0 Å². The van der Waals surface area contributed by atoms with E-state index in [1.165, 1.54) is 32.1 Å². The summed E-state index contributed by atoms with van der Waals surface area (Å²) in [6.07, 6.45) is 21.5. The highest BCUT2D eigenvalue weighted by molar-refractivity contribution is 4.99. The average molecular weight is 161 g/mol. The van der Waals surface area contributed by atoms with Crippen LogP contribution in [-0.4, -0.2) is 0 Å². The van der Waals surface area contributed by atoms with E-state index in [1.807, 2.05) is 6.08 Å². The number of hydrogen-bond acceptors (Lipinski definition) is 0. The van der Waals surface area contributed by atoms with E-state index in [-0.39, 0.29) is 0 Å². The number of rotatable bonds is 0. The van der Waals surface area contributed by atoms with Crippen LogP contribution >= 0.6 is 0 Å². The summed E-state index contributed by atoms with van der Waals surface area (Å²) in [5, 5.41) is 0. The minimum atomic E-state index is 1.06. The van der Waals surface area contributed by atoms with Crippen molar-refractivity contribution in [3.8, 4) is 0 Å². The second-order valence-electron chi connectivity index (χ2n) is 3.12. The summed E-state index contributed by atoms with van der Waals surface area (Å²) >= 11 is 0. The molecule has 0 N–H and O–H groups in total. The van der Waals surface area contributed by atoms with Crippen LogP contribution in [0.4, 0.5) is 0 Å². The SMILES string of the molecule is [C]1=C\CCCCC/C=C\C/C=C/1. The molecule has 0 bridgehead atoms. The summed E-state index contributed by atoms with van der Waals surface area (Å²) in [7, 11) is 0. The first kappa shape index (κ1) is 9.31. The van der Waals surface area contributed by atoms with E-state index in [2.05, 4.69) is 30.4 Å². The maximum atomic E-state index is 3.16. The van der Waals surface area contributed by atoms with Crippen LogP contribution in [0.2, 0.25) is 0 Å². The van der Waals surface area contributed by atoms with E-state index < -0.39 is 0 Å². The molecule has 0 saturated carbocycles. The molecule has 0 heterocycles. The molecule has 0 atom stereocenters. The zero-order valence-electron chi connectivity index (χ0n) is 7.63. The van der Waals surface area contributed by atoms with Gasteiger partial charge in [0.25, 0.3) is 0 Å². The van der Waals surface area contributed by atoms with Crippen LogP contribution in [0.15, 0.2) is 30.4 Å². The molecule has 0 nitrogen and oxygen atoms in total. The predicted octanol–water partition coefficient (Wildman–Crippen LogP) is 3.81. The fraction of sp³-hybridized carbons (Fsp3) is 0.500. The number of allylic oxidation sites excluding steroid dienone is 6. The molecular weight excluding hydrogens is 144 g/mol. The normalized spacial score (nSPS) is 28.0. The molecule has 65 valence electrons. The smallest absolute Gasteiger partial charge is 0.0166 e. The van der Waals surface area contributed by atoms with Crippen LogP contribution < -0.4 is 0 Å². The maximum absolute atomic E-state index is 3.16. The van der Waals surface area contributed by atoms with Gasteiger partial charge >= 0.3 is 0 Å². The lowest BCUT2D eigenvalue weighted by atomic mass is 10.1. The maximum Gasteiger partial charge on any atom is -0.0166 e. The lowest BCUT2D eigenvalue weighted by molar-refractivity contribution is 0.695. The lowest BCUT2D eigenvalue weighted by Gasteiger charge is -1.95. The Labute approximate surface area is 75.7 Å². The van der Waals surface area contributed by atoms with Crippen molar-refractivity contribution >= 4 is 0 Å². The molecule has 0 spiro atoms. The van der Waals surface area contributed by atoms with Crippen LogP contribution in [0.1, 0.15) is 38.5 Å². The van der Waals surface area contributed by atoms with Gasteiger partial charge in [-0.1, -0.05) is 36.8 Å². The van der Waals surface area contributed by atoms with Gasteiger partial charge in [-0.15, -0.1) is 0 Å². The van der Waals surface area contributed by atoms with Gasteiger partial charge in [0, 0.05) is 0 Å². The van der Waals surface area contributed by atoms with E-state index in [4.69, 9.17) is 0 Å². The van der Waals surface area contributed by atoms with Crippen molar-refractivity contribution in [1.82, 2.24) is 0 Å². The molecule has 0 aromatic carbocycles. The molecule has 0 heteroatoms. The third kappa shape index (κ3) is 4.95. The Bertz CT molecular complexity index is 172. The molecule has 0 aromatic rings. The Morgan fingerprint density at radius 2 is 1.75 bits per heavy atom. The molecule has 0 fully saturated rings. The summed E-state index contributed by atoms with van der Waals surface area (Å²) in [5.41, 5.74) is 0. The minimum Gasteiger partial charge on any atom is -0.0882 e. The molecule has 0 aliphatic heterocycles. The summed E-state index contributed by atoms with van der Waals surface area (Å²) in [6.45, 7) is 0. The zero-order valence-corrected chi connectivity index (χ0v) is 7.63. The van der Waals surface area contributed by atoms with E-state index >= 15 is 0 Å². The van der Waals surface area contributed by atoms with Gasteiger partial charge in [0.1, 0.15) is 0 Å². The zero-order chi connectivity index (χ0) is 8.49. The van der Waals surface area contributed by atoms with Gasteiger partial charge in [-0.05, 0) is 38.2 Å². The van der Waals surface area contributed by atoms with E-state index in [9.17, 15) is 0 Å². The van der Waals surface area contributed by atoms with Crippen molar-refractivity contribution < 1.29 is 0 Å². The van der Waals surface area contributed by atoms with Gasteiger partial charge in [0.2, 0.25) is 0 Å². The fourth-order valence-electron chi connectivity index (χ4n) is 1.27. The van der Waals surface area contributed by atoms with Crippen molar-refractivity contribution in [3.63, 3.8) is 0 Å². The predicted molar refractivity (Wildman–Crippen MR) is 53.8 cm³/mol. The minimum absolute atomic E-state index is 1.06. The quantitative estimate of drug-likeness (QED) is 0.474. The Kier molecular flexibility index (Phi) is 5.35. The van der Waals surface area contributed by atoms with E-state index in [0.29, 0.717) is 0 Å².